The van der Waals surface area contributed by atoms with Gasteiger partial charge in [0.1, 0.15) is 0 Å². The lowest BCUT2D eigenvalue weighted by atomic mass is 9.72. The van der Waals surface area contributed by atoms with Crippen LogP contribution in [0.25, 0.3) is 0 Å². The number of hydrogen-bond donors (Lipinski definition) is 2. The highest BCUT2D eigenvalue weighted by molar-refractivity contribution is 4.99. The Labute approximate surface area is 138 Å². The van der Waals surface area contributed by atoms with Gasteiger partial charge in [0.2, 0.25) is 0 Å². The Hall–Kier alpha value is -0.0800. The summed E-state index contributed by atoms with van der Waals surface area (Å²) < 4.78 is 0. The van der Waals surface area contributed by atoms with E-state index < -0.39 is 0 Å². The Balaban J connectivity index is 1.53. The van der Waals surface area contributed by atoms with Gasteiger partial charge in [-0.2, -0.15) is 0 Å². The van der Waals surface area contributed by atoms with E-state index in [0.717, 1.165) is 29.8 Å². The summed E-state index contributed by atoms with van der Waals surface area (Å²) in [5.74, 6) is 2.71. The molecule has 3 aliphatic rings. The van der Waals surface area contributed by atoms with E-state index in [1.807, 2.05) is 0 Å². The van der Waals surface area contributed by atoms with Crippen molar-refractivity contribution in [2.45, 2.75) is 109 Å². The van der Waals surface area contributed by atoms with E-state index in [1.54, 1.807) is 0 Å². The second-order valence-electron chi connectivity index (χ2n) is 9.97. The fraction of sp³-hybridized carbons (Fsp3) is 1.00. The maximum atomic E-state index is 3.98. The maximum Gasteiger partial charge on any atom is 0.0160 e. The van der Waals surface area contributed by atoms with E-state index in [1.165, 1.54) is 51.4 Å². The third kappa shape index (κ3) is 3.87. The standard InChI is InChI=1S/C20H38N2/c1-14-12-19(3,4)22-20(5,13-14)9-8-15(2)16-10-17-6-7-18(11-16)21-17/h14-18,21-22H,6-13H2,1-5H3/t14?,15?,16?,17-,18+,20?. The SMILES string of the molecule is CC1CC(C)(C)NC(C)(CCC(C)C2C[C@H]3CC[C@@H](C2)N3)C1. The van der Waals surface area contributed by atoms with E-state index in [9.17, 15) is 0 Å². The Bertz CT molecular complexity index is 379. The molecule has 3 aliphatic heterocycles. The van der Waals surface area contributed by atoms with Crippen LogP contribution >= 0.6 is 0 Å². The van der Waals surface area contributed by atoms with Crippen molar-refractivity contribution in [1.82, 2.24) is 10.6 Å². The lowest BCUT2D eigenvalue weighted by Gasteiger charge is -2.48. The van der Waals surface area contributed by atoms with Crippen molar-refractivity contribution in [1.29, 1.82) is 0 Å². The van der Waals surface area contributed by atoms with Gasteiger partial charge in [0.25, 0.3) is 0 Å². The molecule has 3 heterocycles. The zero-order valence-corrected chi connectivity index (χ0v) is 15.5. The summed E-state index contributed by atoms with van der Waals surface area (Å²) in [4.78, 5) is 0. The molecule has 6 atom stereocenters. The highest BCUT2D eigenvalue weighted by atomic mass is 15.1. The zero-order chi connectivity index (χ0) is 16.0. The largest absolute Gasteiger partial charge is 0.311 e. The van der Waals surface area contributed by atoms with Crippen molar-refractivity contribution in [3.8, 4) is 0 Å². The minimum atomic E-state index is 0.309. The van der Waals surface area contributed by atoms with Gasteiger partial charge in [-0.3, -0.25) is 0 Å². The number of rotatable bonds is 4. The monoisotopic (exact) mass is 306 g/mol. The summed E-state index contributed by atoms with van der Waals surface area (Å²) in [5.41, 5.74) is 0.658. The quantitative estimate of drug-likeness (QED) is 0.799. The average Bonchev–Trinajstić information content (AvgIpc) is 2.72. The second-order valence-corrected chi connectivity index (χ2v) is 9.97. The Morgan fingerprint density at radius 2 is 1.68 bits per heavy atom. The highest BCUT2D eigenvalue weighted by Gasteiger charge is 2.40. The zero-order valence-electron chi connectivity index (χ0n) is 15.5. The van der Waals surface area contributed by atoms with Crippen LogP contribution in [-0.4, -0.2) is 23.2 Å². The van der Waals surface area contributed by atoms with E-state index in [2.05, 4.69) is 45.3 Å². The molecule has 4 unspecified atom stereocenters. The van der Waals surface area contributed by atoms with Crippen LogP contribution in [0.2, 0.25) is 0 Å². The van der Waals surface area contributed by atoms with Gasteiger partial charge in [-0.15, -0.1) is 0 Å². The van der Waals surface area contributed by atoms with Crippen molar-refractivity contribution < 1.29 is 0 Å². The van der Waals surface area contributed by atoms with Gasteiger partial charge < -0.3 is 10.6 Å². The molecule has 2 nitrogen and oxygen atoms in total. The van der Waals surface area contributed by atoms with Crippen LogP contribution in [0.5, 0.6) is 0 Å². The predicted molar refractivity (Wildman–Crippen MR) is 95.1 cm³/mol. The van der Waals surface area contributed by atoms with Crippen molar-refractivity contribution in [2.24, 2.45) is 17.8 Å². The minimum absolute atomic E-state index is 0.309. The molecule has 2 bridgehead atoms. The Kier molecular flexibility index (Phi) is 4.64. The number of piperidine rings is 2. The molecule has 2 heteroatoms. The fourth-order valence-corrected chi connectivity index (χ4v) is 6.14. The number of fused-ring (bicyclic) bond motifs is 2. The molecule has 0 aromatic rings. The third-order valence-electron chi connectivity index (χ3n) is 6.76. The predicted octanol–water partition coefficient (Wildman–Crippen LogP) is 4.49. The maximum absolute atomic E-state index is 3.98. The van der Waals surface area contributed by atoms with Crippen LogP contribution in [0.15, 0.2) is 0 Å². The molecule has 0 aromatic heterocycles. The van der Waals surface area contributed by atoms with Crippen molar-refractivity contribution in [3.63, 3.8) is 0 Å². The lowest BCUT2D eigenvalue weighted by Crippen LogP contribution is -2.59. The van der Waals surface area contributed by atoms with Crippen LogP contribution in [0.3, 0.4) is 0 Å². The molecular weight excluding hydrogens is 268 g/mol. The summed E-state index contributed by atoms with van der Waals surface area (Å²) in [6, 6.07) is 1.68. The van der Waals surface area contributed by atoms with E-state index in [0.29, 0.717) is 11.1 Å². The summed E-state index contributed by atoms with van der Waals surface area (Å²) in [7, 11) is 0. The Morgan fingerprint density at radius 1 is 1.05 bits per heavy atom. The van der Waals surface area contributed by atoms with Crippen LogP contribution in [0, 0.1) is 17.8 Å². The fourth-order valence-electron chi connectivity index (χ4n) is 6.14. The van der Waals surface area contributed by atoms with Gasteiger partial charge in [0.15, 0.2) is 0 Å². The molecule has 0 spiro atoms. The first-order chi connectivity index (χ1) is 10.2. The van der Waals surface area contributed by atoms with Crippen molar-refractivity contribution in [3.05, 3.63) is 0 Å². The summed E-state index contributed by atoms with van der Waals surface area (Å²) in [5, 5.41) is 7.77. The first-order valence-corrected chi connectivity index (χ1v) is 9.80. The van der Waals surface area contributed by atoms with Crippen LogP contribution in [0.4, 0.5) is 0 Å². The van der Waals surface area contributed by atoms with Gasteiger partial charge >= 0.3 is 0 Å². The van der Waals surface area contributed by atoms with Gasteiger partial charge in [0, 0.05) is 23.2 Å². The van der Waals surface area contributed by atoms with E-state index >= 15 is 0 Å². The number of hydrogen-bond acceptors (Lipinski definition) is 2. The molecular formula is C20H38N2. The molecule has 0 saturated carbocycles. The highest BCUT2D eigenvalue weighted by Crippen LogP contribution is 2.40. The molecule has 0 amide bonds. The summed E-state index contributed by atoms with van der Waals surface area (Å²) >= 11 is 0. The topological polar surface area (TPSA) is 24.1 Å². The molecule has 3 rings (SSSR count). The van der Waals surface area contributed by atoms with Gasteiger partial charge in [-0.1, -0.05) is 13.8 Å². The van der Waals surface area contributed by atoms with Crippen LogP contribution < -0.4 is 10.6 Å². The number of nitrogens with one attached hydrogen (secondary N) is 2. The van der Waals surface area contributed by atoms with Gasteiger partial charge in [0.05, 0.1) is 0 Å². The van der Waals surface area contributed by atoms with Crippen LogP contribution in [0.1, 0.15) is 86.0 Å². The minimum Gasteiger partial charge on any atom is -0.311 e. The van der Waals surface area contributed by atoms with E-state index in [4.69, 9.17) is 0 Å². The third-order valence-corrected chi connectivity index (χ3v) is 6.76. The average molecular weight is 307 g/mol. The van der Waals surface area contributed by atoms with E-state index in [-0.39, 0.29) is 0 Å². The summed E-state index contributed by atoms with van der Waals surface area (Å²) in [6.45, 7) is 12.2. The molecule has 0 aliphatic carbocycles. The molecule has 0 aromatic carbocycles. The first-order valence-electron chi connectivity index (χ1n) is 9.80. The van der Waals surface area contributed by atoms with Crippen molar-refractivity contribution >= 4 is 0 Å². The summed E-state index contributed by atoms with van der Waals surface area (Å²) in [6.07, 6.45) is 11.1. The van der Waals surface area contributed by atoms with Gasteiger partial charge in [-0.25, -0.2) is 0 Å². The smallest absolute Gasteiger partial charge is 0.0160 e. The van der Waals surface area contributed by atoms with Crippen molar-refractivity contribution in [2.75, 3.05) is 0 Å². The molecule has 2 N–H and O–H groups in total. The lowest BCUT2D eigenvalue weighted by molar-refractivity contribution is 0.104. The molecule has 3 saturated heterocycles. The van der Waals surface area contributed by atoms with Crippen LogP contribution in [-0.2, 0) is 0 Å². The molecule has 3 fully saturated rings. The Morgan fingerprint density at radius 3 is 2.27 bits per heavy atom. The second kappa shape index (κ2) is 6.09. The molecule has 0 radical (unpaired) electrons. The van der Waals surface area contributed by atoms with Gasteiger partial charge in [-0.05, 0) is 89.9 Å². The first kappa shape index (κ1) is 16.8. The molecule has 128 valence electrons. The molecule has 22 heavy (non-hydrogen) atoms. The normalized spacial score (nSPS) is 45.7.